The summed E-state index contributed by atoms with van der Waals surface area (Å²) in [5.41, 5.74) is 1.34. The second-order valence-corrected chi connectivity index (χ2v) is 4.26. The zero-order valence-electron chi connectivity index (χ0n) is 9.65. The van der Waals surface area contributed by atoms with Gasteiger partial charge in [-0.25, -0.2) is 8.78 Å². The highest BCUT2D eigenvalue weighted by atomic mass is 79.9. The summed E-state index contributed by atoms with van der Waals surface area (Å²) in [6.07, 6.45) is -2.61. The number of hydrogen-bond acceptors (Lipinski definition) is 2. The summed E-state index contributed by atoms with van der Waals surface area (Å²) >= 11 is 3.28. The smallest absolute Gasteiger partial charge is 0.255 e. The second kappa shape index (κ2) is 7.43. The topological polar surface area (TPSA) is 40.5 Å². The number of aliphatic hydroxyl groups is 1. The zero-order valence-corrected chi connectivity index (χ0v) is 11.2. The first-order chi connectivity index (χ1) is 8.58. The molecule has 0 fully saturated rings. The summed E-state index contributed by atoms with van der Waals surface area (Å²) in [6.45, 7) is -1.10. The van der Waals surface area contributed by atoms with Gasteiger partial charge in [0.05, 0.1) is 13.2 Å². The minimum Gasteiger partial charge on any atom is -0.395 e. The van der Waals surface area contributed by atoms with Crippen molar-refractivity contribution >= 4 is 21.8 Å². The van der Waals surface area contributed by atoms with Gasteiger partial charge in [0.15, 0.2) is 0 Å². The first-order valence-corrected chi connectivity index (χ1v) is 6.53. The Morgan fingerprint density at radius 1 is 1.33 bits per heavy atom. The van der Waals surface area contributed by atoms with Gasteiger partial charge in [0.1, 0.15) is 0 Å². The van der Waals surface area contributed by atoms with Gasteiger partial charge in [-0.15, -0.1) is 0 Å². The summed E-state index contributed by atoms with van der Waals surface area (Å²) in [6, 6.07) is 6.69. The van der Waals surface area contributed by atoms with Crippen LogP contribution in [0.15, 0.2) is 24.3 Å². The molecule has 1 aromatic rings. The predicted molar refractivity (Wildman–Crippen MR) is 68.1 cm³/mol. The molecule has 0 aliphatic heterocycles. The molecule has 0 bridgehead atoms. The molecule has 0 radical (unpaired) electrons. The van der Waals surface area contributed by atoms with Crippen LogP contribution in [0.25, 0.3) is 0 Å². The number of benzene rings is 1. The van der Waals surface area contributed by atoms with Crippen LogP contribution in [0.4, 0.5) is 8.78 Å². The zero-order chi connectivity index (χ0) is 13.5. The highest BCUT2D eigenvalue weighted by Gasteiger charge is 2.19. The summed E-state index contributed by atoms with van der Waals surface area (Å²) in [4.78, 5) is 12.9. The number of amides is 1. The summed E-state index contributed by atoms with van der Waals surface area (Å²) < 4.78 is 24.6. The number of nitrogens with zero attached hydrogens (tertiary/aromatic N) is 1. The van der Waals surface area contributed by atoms with E-state index in [2.05, 4.69) is 15.9 Å². The Hall–Kier alpha value is -1.01. The van der Waals surface area contributed by atoms with E-state index in [1.807, 2.05) is 0 Å². The third-order valence-corrected chi connectivity index (χ3v) is 3.02. The standard InChI is InChI=1S/C12H14BrF2NO2/c13-7-9-1-3-10(4-2-9)12(18)16(5-6-17)8-11(14)15/h1-4,11,17H,5-8H2. The Morgan fingerprint density at radius 3 is 2.39 bits per heavy atom. The molecule has 1 N–H and O–H groups in total. The van der Waals surface area contributed by atoms with Crippen LogP contribution < -0.4 is 0 Å². The van der Waals surface area contributed by atoms with E-state index in [0.29, 0.717) is 10.9 Å². The molecule has 18 heavy (non-hydrogen) atoms. The fourth-order valence-corrected chi connectivity index (χ4v) is 1.86. The lowest BCUT2D eigenvalue weighted by Crippen LogP contribution is -2.37. The Bertz CT molecular complexity index is 384. The molecule has 3 nitrogen and oxygen atoms in total. The lowest BCUT2D eigenvalue weighted by Gasteiger charge is -2.21. The van der Waals surface area contributed by atoms with E-state index < -0.39 is 18.9 Å². The van der Waals surface area contributed by atoms with Crippen LogP contribution in [0, 0.1) is 0 Å². The Balaban J connectivity index is 2.80. The van der Waals surface area contributed by atoms with Gasteiger partial charge in [-0.1, -0.05) is 28.1 Å². The maximum atomic E-state index is 12.3. The van der Waals surface area contributed by atoms with Crippen molar-refractivity contribution in [1.82, 2.24) is 4.90 Å². The lowest BCUT2D eigenvalue weighted by molar-refractivity contribution is 0.0509. The van der Waals surface area contributed by atoms with Crippen LogP contribution in [0.2, 0.25) is 0 Å². The third kappa shape index (κ3) is 4.34. The van der Waals surface area contributed by atoms with E-state index in [1.54, 1.807) is 24.3 Å². The SMILES string of the molecule is O=C(c1ccc(CBr)cc1)N(CCO)CC(F)F. The highest BCUT2D eigenvalue weighted by Crippen LogP contribution is 2.11. The maximum absolute atomic E-state index is 12.3. The summed E-state index contributed by atoms with van der Waals surface area (Å²) in [5, 5.41) is 9.45. The van der Waals surface area contributed by atoms with Crippen molar-refractivity contribution in [2.75, 3.05) is 19.7 Å². The monoisotopic (exact) mass is 321 g/mol. The van der Waals surface area contributed by atoms with Crippen LogP contribution >= 0.6 is 15.9 Å². The Labute approximate surface area is 113 Å². The van der Waals surface area contributed by atoms with Gasteiger partial charge in [0.25, 0.3) is 12.3 Å². The van der Waals surface area contributed by atoms with E-state index in [-0.39, 0.29) is 13.2 Å². The Kier molecular flexibility index (Phi) is 6.21. The van der Waals surface area contributed by atoms with Gasteiger partial charge in [0.2, 0.25) is 0 Å². The average Bonchev–Trinajstić information content (AvgIpc) is 2.37. The number of carbonyl (C=O) groups is 1. The molecule has 1 aromatic carbocycles. The van der Waals surface area contributed by atoms with Crippen LogP contribution in [0.5, 0.6) is 0 Å². The lowest BCUT2D eigenvalue weighted by atomic mass is 10.1. The maximum Gasteiger partial charge on any atom is 0.255 e. The minimum atomic E-state index is -2.61. The van der Waals surface area contributed by atoms with Crippen molar-refractivity contribution in [2.45, 2.75) is 11.8 Å². The van der Waals surface area contributed by atoms with E-state index in [0.717, 1.165) is 10.5 Å². The molecule has 1 amide bonds. The third-order valence-electron chi connectivity index (χ3n) is 2.37. The van der Waals surface area contributed by atoms with Gasteiger partial charge in [-0.05, 0) is 17.7 Å². The van der Waals surface area contributed by atoms with Crippen LogP contribution in [-0.2, 0) is 5.33 Å². The molecule has 0 aromatic heterocycles. The van der Waals surface area contributed by atoms with Crippen molar-refractivity contribution in [3.8, 4) is 0 Å². The number of aliphatic hydroxyl groups excluding tert-OH is 1. The summed E-state index contributed by atoms with van der Waals surface area (Å²) in [5.74, 6) is -0.495. The van der Waals surface area contributed by atoms with E-state index in [4.69, 9.17) is 5.11 Å². The molecule has 1 rings (SSSR count). The van der Waals surface area contributed by atoms with Gasteiger partial charge in [-0.3, -0.25) is 4.79 Å². The molecule has 6 heteroatoms. The normalized spacial score (nSPS) is 10.7. The molecule has 100 valence electrons. The first-order valence-electron chi connectivity index (χ1n) is 5.41. The van der Waals surface area contributed by atoms with Crippen molar-refractivity contribution in [3.63, 3.8) is 0 Å². The van der Waals surface area contributed by atoms with Crippen LogP contribution in [0.3, 0.4) is 0 Å². The number of rotatable bonds is 6. The fraction of sp³-hybridized carbons (Fsp3) is 0.417. The minimum absolute atomic E-state index is 0.0939. The van der Waals surface area contributed by atoms with Crippen LogP contribution in [0.1, 0.15) is 15.9 Å². The van der Waals surface area contributed by atoms with E-state index >= 15 is 0 Å². The van der Waals surface area contributed by atoms with Crippen molar-refractivity contribution < 1.29 is 18.7 Å². The van der Waals surface area contributed by atoms with Gasteiger partial charge >= 0.3 is 0 Å². The second-order valence-electron chi connectivity index (χ2n) is 3.70. The number of halogens is 3. The van der Waals surface area contributed by atoms with Crippen LogP contribution in [-0.4, -0.2) is 42.0 Å². The molecule has 0 atom stereocenters. The van der Waals surface area contributed by atoms with Crippen molar-refractivity contribution in [3.05, 3.63) is 35.4 Å². The molecule has 0 unspecified atom stereocenters. The molecular weight excluding hydrogens is 308 g/mol. The number of hydrogen-bond donors (Lipinski definition) is 1. The average molecular weight is 322 g/mol. The molecule has 0 heterocycles. The van der Waals surface area contributed by atoms with E-state index in [1.165, 1.54) is 0 Å². The fourth-order valence-electron chi connectivity index (χ4n) is 1.48. The van der Waals surface area contributed by atoms with E-state index in [9.17, 15) is 13.6 Å². The van der Waals surface area contributed by atoms with Gasteiger partial charge in [0, 0.05) is 17.4 Å². The largest absolute Gasteiger partial charge is 0.395 e. The highest BCUT2D eigenvalue weighted by molar-refractivity contribution is 9.08. The molecule has 0 saturated heterocycles. The number of alkyl halides is 3. The van der Waals surface area contributed by atoms with Gasteiger partial charge < -0.3 is 10.0 Å². The molecule has 0 aliphatic rings. The van der Waals surface area contributed by atoms with Crippen molar-refractivity contribution in [2.24, 2.45) is 0 Å². The Morgan fingerprint density at radius 2 is 1.94 bits per heavy atom. The predicted octanol–water partition coefficient (Wildman–Crippen LogP) is 2.28. The number of carbonyl (C=O) groups excluding carboxylic acids is 1. The molecule has 0 spiro atoms. The summed E-state index contributed by atoms with van der Waals surface area (Å²) in [7, 11) is 0. The molecule has 0 aliphatic carbocycles. The van der Waals surface area contributed by atoms with Gasteiger partial charge in [-0.2, -0.15) is 0 Å². The molecule has 0 saturated carbocycles. The molecular formula is C12H14BrF2NO2. The quantitative estimate of drug-likeness (QED) is 0.817. The van der Waals surface area contributed by atoms with Crippen molar-refractivity contribution in [1.29, 1.82) is 0 Å². The first kappa shape index (κ1) is 15.0.